The number of nitrogens with one attached hydrogen (secondary N) is 2. The SMILES string of the molecule is CC(=O)N[C@@H]1[C@@H](O)[C@H](O[C@@H]2O[C@H](COS(=O)(=O)O)[C@H](O)[C@H](O[C@]3(C(=O)O)C[C@H](O)[C@@H](NC(C)=O)[C@H]([C@H](O)[C@H](O)CO)O3)[C@H]2O)[C@@H](COS(=O)(=O)O)O[C@H]1O. The second-order valence-corrected chi connectivity index (χ2v) is 14.5. The van der Waals surface area contributed by atoms with Crippen molar-refractivity contribution in [2.24, 2.45) is 0 Å². The average Bonchev–Trinajstić information content (AvgIpc) is 3.05. The second-order valence-electron chi connectivity index (χ2n) is 12.3. The molecule has 3 saturated heterocycles. The minimum absolute atomic E-state index is 0.846. The number of carboxylic acid groups (broad SMARTS) is 1. The van der Waals surface area contributed by atoms with E-state index in [1.807, 2.05) is 0 Å². The van der Waals surface area contributed by atoms with Gasteiger partial charge in [0.25, 0.3) is 5.79 Å². The van der Waals surface area contributed by atoms with Crippen molar-refractivity contribution in [3.63, 3.8) is 0 Å². The molecule has 0 aromatic heterocycles. The largest absolute Gasteiger partial charge is 0.477 e. The Morgan fingerprint density at radius 1 is 0.815 bits per heavy atom. The summed E-state index contributed by atoms with van der Waals surface area (Å²) < 4.78 is 99.2. The van der Waals surface area contributed by atoms with Gasteiger partial charge in [0.05, 0.1) is 32.0 Å². The average molecular weight is 835 g/mol. The predicted octanol–water partition coefficient (Wildman–Crippen LogP) is -8.43. The highest BCUT2D eigenvalue weighted by Gasteiger charge is 2.60. The van der Waals surface area contributed by atoms with Crippen molar-refractivity contribution in [1.29, 1.82) is 0 Å². The molecule has 27 nitrogen and oxygen atoms in total. The molecular formula is C25H42N2O25S2. The van der Waals surface area contributed by atoms with Gasteiger partial charge in [-0.25, -0.2) is 13.2 Å². The van der Waals surface area contributed by atoms with Gasteiger partial charge in [0.2, 0.25) is 11.8 Å². The zero-order valence-electron chi connectivity index (χ0n) is 27.9. The molecule has 3 aliphatic rings. The van der Waals surface area contributed by atoms with E-state index in [1.54, 1.807) is 0 Å². The van der Waals surface area contributed by atoms with E-state index in [4.69, 9.17) is 32.8 Å². The molecule has 3 fully saturated rings. The van der Waals surface area contributed by atoms with Crippen LogP contribution in [0.2, 0.25) is 0 Å². The molecule has 16 atom stereocenters. The zero-order chi connectivity index (χ0) is 41.1. The summed E-state index contributed by atoms with van der Waals surface area (Å²) in [7, 11) is -10.5. The molecule has 2 amide bonds. The Kier molecular flexibility index (Phi) is 15.6. The van der Waals surface area contributed by atoms with Crippen molar-refractivity contribution < 1.29 is 118 Å². The molecule has 13 N–H and O–H groups in total. The first-order chi connectivity index (χ1) is 24.8. The van der Waals surface area contributed by atoms with E-state index in [1.165, 1.54) is 0 Å². The Bertz CT molecular complexity index is 1540. The van der Waals surface area contributed by atoms with E-state index in [2.05, 4.69) is 19.0 Å². The lowest BCUT2D eigenvalue weighted by molar-refractivity contribution is -0.381. The van der Waals surface area contributed by atoms with E-state index < -0.39 is 162 Å². The fourth-order valence-corrected chi connectivity index (χ4v) is 6.46. The number of aliphatic carboxylic acids is 1. The van der Waals surface area contributed by atoms with Gasteiger partial charge in [-0.15, -0.1) is 0 Å². The number of aliphatic hydroxyl groups excluding tert-OH is 8. The summed E-state index contributed by atoms with van der Waals surface area (Å²) >= 11 is 0. The van der Waals surface area contributed by atoms with Gasteiger partial charge in [-0.1, -0.05) is 0 Å². The molecule has 0 aromatic rings. The highest BCUT2D eigenvalue weighted by molar-refractivity contribution is 7.81. The minimum Gasteiger partial charge on any atom is -0.477 e. The predicted molar refractivity (Wildman–Crippen MR) is 162 cm³/mol. The standard InChI is InChI=1S/C25H42N2O25S2/c1-7(29)26-13-9(31)3-25(24(38)39,51-20(13)15(33)10(32)4-28)52-21-16(34)11(5-46-53(40,41)42)49-23(18(21)36)50-19-12(6-47-54(43,44)45)48-22(37)14(17(19)35)27-8(2)30/h9-23,28,31-37H,3-6H2,1-2H3,(H,26,29)(H,27,30)(H,38,39)(H,40,41,42)(H,43,44,45)/t9-,10+,11+,12+,13+,14+,15+,16-,17+,18+,19+,20+,21-,22+,23-,25-/m0/s1. The third kappa shape index (κ3) is 11.6. The molecule has 0 aromatic carbocycles. The van der Waals surface area contributed by atoms with E-state index in [9.17, 15) is 77.2 Å². The summed E-state index contributed by atoms with van der Waals surface area (Å²) in [5.74, 6) is -7.11. The van der Waals surface area contributed by atoms with Crippen molar-refractivity contribution >= 4 is 38.6 Å². The number of carbonyl (C=O) groups excluding carboxylic acids is 2. The van der Waals surface area contributed by atoms with Crippen LogP contribution in [0, 0.1) is 0 Å². The lowest BCUT2D eigenvalue weighted by Gasteiger charge is -2.50. The van der Waals surface area contributed by atoms with Crippen LogP contribution in [-0.2, 0) is 67.2 Å². The molecule has 3 aliphatic heterocycles. The van der Waals surface area contributed by atoms with Gasteiger partial charge < -0.3 is 80.3 Å². The third-order valence-corrected chi connectivity index (χ3v) is 9.14. The maximum atomic E-state index is 12.8. The molecule has 0 saturated carbocycles. The summed E-state index contributed by atoms with van der Waals surface area (Å²) in [5, 5.41) is 99.7. The Morgan fingerprint density at radius 3 is 1.85 bits per heavy atom. The van der Waals surface area contributed by atoms with Crippen LogP contribution in [0.3, 0.4) is 0 Å². The topological polar surface area (TPSA) is 431 Å². The molecule has 3 rings (SSSR count). The zero-order valence-corrected chi connectivity index (χ0v) is 29.6. The van der Waals surface area contributed by atoms with Crippen molar-refractivity contribution in [3.05, 3.63) is 0 Å². The molecule has 0 spiro atoms. The summed E-state index contributed by atoms with van der Waals surface area (Å²) in [6, 6.07) is -3.46. The first-order valence-corrected chi connectivity index (χ1v) is 18.2. The van der Waals surface area contributed by atoms with Crippen LogP contribution >= 0.6 is 0 Å². The number of hydrogen-bond donors (Lipinski definition) is 13. The Morgan fingerprint density at radius 2 is 1.35 bits per heavy atom. The highest BCUT2D eigenvalue weighted by atomic mass is 32.3. The van der Waals surface area contributed by atoms with Gasteiger partial charge in [-0.2, -0.15) is 16.8 Å². The van der Waals surface area contributed by atoms with Crippen molar-refractivity contribution in [2.45, 2.75) is 118 Å². The Balaban J connectivity index is 2.08. The van der Waals surface area contributed by atoms with Gasteiger partial charge in [-0.3, -0.25) is 18.7 Å². The van der Waals surface area contributed by atoms with Crippen LogP contribution < -0.4 is 10.6 Å². The first kappa shape index (κ1) is 46.0. The summed E-state index contributed by atoms with van der Waals surface area (Å²) in [6.45, 7) is -1.82. The molecule has 0 bridgehead atoms. The van der Waals surface area contributed by atoms with E-state index in [0.717, 1.165) is 13.8 Å². The van der Waals surface area contributed by atoms with Crippen LogP contribution in [0.15, 0.2) is 0 Å². The summed E-state index contributed by atoms with van der Waals surface area (Å²) in [6.07, 6.45) is -29.8. The van der Waals surface area contributed by atoms with Gasteiger partial charge in [0.15, 0.2) is 12.6 Å². The molecule has 0 radical (unpaired) electrons. The number of rotatable bonds is 16. The van der Waals surface area contributed by atoms with E-state index in [0.29, 0.717) is 0 Å². The number of amides is 2. The fourth-order valence-electron chi connectivity index (χ4n) is 5.85. The second kappa shape index (κ2) is 18.3. The van der Waals surface area contributed by atoms with Gasteiger partial charge >= 0.3 is 26.8 Å². The van der Waals surface area contributed by atoms with E-state index >= 15 is 0 Å². The van der Waals surface area contributed by atoms with Crippen LogP contribution in [0.25, 0.3) is 0 Å². The number of aliphatic hydroxyl groups is 8. The fraction of sp³-hybridized carbons (Fsp3) is 0.880. The van der Waals surface area contributed by atoms with Crippen LogP contribution in [0.5, 0.6) is 0 Å². The normalized spacial score (nSPS) is 38.9. The van der Waals surface area contributed by atoms with Gasteiger partial charge in [-0.05, 0) is 0 Å². The maximum Gasteiger partial charge on any atom is 0.397 e. The van der Waals surface area contributed by atoms with Gasteiger partial charge in [0, 0.05) is 20.3 Å². The number of ether oxygens (including phenoxy) is 5. The molecule has 54 heavy (non-hydrogen) atoms. The summed E-state index contributed by atoms with van der Waals surface area (Å²) in [4.78, 5) is 36.4. The van der Waals surface area contributed by atoms with E-state index in [-0.39, 0.29) is 0 Å². The lowest BCUT2D eigenvalue weighted by Crippen LogP contribution is -2.71. The number of hydrogen-bond acceptors (Lipinski definition) is 22. The smallest absolute Gasteiger partial charge is 0.397 e. The minimum atomic E-state index is -5.31. The lowest BCUT2D eigenvalue weighted by atomic mass is 9.88. The molecule has 314 valence electrons. The van der Waals surface area contributed by atoms with Crippen LogP contribution in [0.1, 0.15) is 20.3 Å². The number of carboxylic acids is 1. The molecule has 0 aliphatic carbocycles. The Labute approximate surface area is 305 Å². The van der Waals surface area contributed by atoms with Crippen LogP contribution in [0.4, 0.5) is 0 Å². The molecular weight excluding hydrogens is 792 g/mol. The van der Waals surface area contributed by atoms with Gasteiger partial charge in [0.1, 0.15) is 67.1 Å². The summed E-state index contributed by atoms with van der Waals surface area (Å²) in [5.41, 5.74) is 0. The molecule has 29 heteroatoms. The quantitative estimate of drug-likeness (QED) is 0.0642. The Hall–Kier alpha value is -2.37. The highest BCUT2D eigenvalue weighted by Crippen LogP contribution is 2.38. The monoisotopic (exact) mass is 834 g/mol. The first-order valence-electron chi connectivity index (χ1n) is 15.5. The van der Waals surface area contributed by atoms with Crippen molar-refractivity contribution in [3.8, 4) is 0 Å². The molecule has 3 heterocycles. The molecule has 0 unspecified atom stereocenters. The van der Waals surface area contributed by atoms with Crippen molar-refractivity contribution in [1.82, 2.24) is 10.6 Å². The third-order valence-electron chi connectivity index (χ3n) is 8.27. The van der Waals surface area contributed by atoms with Crippen LogP contribution in [-0.4, -0.2) is 207 Å². The maximum absolute atomic E-state index is 12.8. The van der Waals surface area contributed by atoms with Crippen molar-refractivity contribution in [2.75, 3.05) is 19.8 Å². The number of carbonyl (C=O) groups is 3.